The van der Waals surface area contributed by atoms with Crippen molar-refractivity contribution in [1.29, 1.82) is 0 Å². The SMILES string of the molecule is Cc1ccc(-n2ccc(N)n2)c(F)c1. The summed E-state index contributed by atoms with van der Waals surface area (Å²) >= 11 is 0. The van der Waals surface area contributed by atoms with Crippen LogP contribution in [0.4, 0.5) is 10.2 Å². The van der Waals surface area contributed by atoms with Crippen molar-refractivity contribution in [1.82, 2.24) is 9.78 Å². The maximum Gasteiger partial charge on any atom is 0.149 e. The van der Waals surface area contributed by atoms with Crippen LogP contribution in [0.25, 0.3) is 5.69 Å². The molecule has 0 aliphatic heterocycles. The maximum atomic E-state index is 13.4. The average molecular weight is 191 g/mol. The Morgan fingerprint density at radius 1 is 1.36 bits per heavy atom. The van der Waals surface area contributed by atoms with E-state index in [9.17, 15) is 4.39 Å². The van der Waals surface area contributed by atoms with Gasteiger partial charge in [0.1, 0.15) is 17.3 Å². The molecule has 0 fully saturated rings. The summed E-state index contributed by atoms with van der Waals surface area (Å²) in [4.78, 5) is 0. The van der Waals surface area contributed by atoms with Gasteiger partial charge in [0.15, 0.2) is 0 Å². The van der Waals surface area contributed by atoms with Crippen molar-refractivity contribution in [2.24, 2.45) is 0 Å². The first-order valence-corrected chi connectivity index (χ1v) is 4.24. The largest absolute Gasteiger partial charge is 0.382 e. The number of hydrogen-bond acceptors (Lipinski definition) is 2. The van der Waals surface area contributed by atoms with Crippen molar-refractivity contribution in [3.05, 3.63) is 41.8 Å². The second-order valence-corrected chi connectivity index (χ2v) is 3.14. The Labute approximate surface area is 81.0 Å². The van der Waals surface area contributed by atoms with Crippen LogP contribution in [0.5, 0.6) is 0 Å². The Morgan fingerprint density at radius 3 is 2.71 bits per heavy atom. The van der Waals surface area contributed by atoms with Gasteiger partial charge in [-0.05, 0) is 24.6 Å². The topological polar surface area (TPSA) is 43.8 Å². The first-order chi connectivity index (χ1) is 6.66. The van der Waals surface area contributed by atoms with E-state index in [2.05, 4.69) is 5.10 Å². The number of nitrogen functional groups attached to an aromatic ring is 1. The van der Waals surface area contributed by atoms with E-state index in [1.807, 2.05) is 13.0 Å². The second kappa shape index (κ2) is 3.14. The van der Waals surface area contributed by atoms with E-state index in [1.54, 1.807) is 18.3 Å². The summed E-state index contributed by atoms with van der Waals surface area (Å²) in [5.41, 5.74) is 6.73. The molecule has 0 aliphatic rings. The highest BCUT2D eigenvalue weighted by molar-refractivity contribution is 5.37. The van der Waals surface area contributed by atoms with Crippen LogP contribution < -0.4 is 5.73 Å². The second-order valence-electron chi connectivity index (χ2n) is 3.14. The first-order valence-electron chi connectivity index (χ1n) is 4.24. The third-order valence-electron chi connectivity index (χ3n) is 1.96. The summed E-state index contributed by atoms with van der Waals surface area (Å²) < 4.78 is 14.9. The molecule has 0 radical (unpaired) electrons. The van der Waals surface area contributed by atoms with Crippen molar-refractivity contribution in [3.8, 4) is 5.69 Å². The van der Waals surface area contributed by atoms with Gasteiger partial charge in [0, 0.05) is 12.3 Å². The van der Waals surface area contributed by atoms with Gasteiger partial charge >= 0.3 is 0 Å². The molecule has 2 N–H and O–H groups in total. The van der Waals surface area contributed by atoms with E-state index in [0.717, 1.165) is 5.56 Å². The number of aryl methyl sites for hydroxylation is 1. The molecule has 72 valence electrons. The van der Waals surface area contributed by atoms with Gasteiger partial charge in [-0.25, -0.2) is 9.07 Å². The molecule has 1 aromatic carbocycles. The van der Waals surface area contributed by atoms with E-state index in [-0.39, 0.29) is 5.82 Å². The van der Waals surface area contributed by atoms with Crippen molar-refractivity contribution < 1.29 is 4.39 Å². The number of nitrogens with two attached hydrogens (primary N) is 1. The smallest absolute Gasteiger partial charge is 0.149 e. The van der Waals surface area contributed by atoms with Crippen molar-refractivity contribution in [3.63, 3.8) is 0 Å². The van der Waals surface area contributed by atoms with E-state index in [1.165, 1.54) is 10.7 Å². The van der Waals surface area contributed by atoms with Crippen LogP contribution >= 0.6 is 0 Å². The first kappa shape index (κ1) is 8.74. The van der Waals surface area contributed by atoms with Crippen LogP contribution in [0, 0.1) is 12.7 Å². The third kappa shape index (κ3) is 1.46. The molecule has 0 aliphatic carbocycles. The molecule has 0 atom stereocenters. The number of halogens is 1. The molecule has 1 heterocycles. The Hall–Kier alpha value is -1.84. The fourth-order valence-electron chi connectivity index (χ4n) is 1.27. The molecule has 0 spiro atoms. The molecule has 0 saturated carbocycles. The zero-order valence-corrected chi connectivity index (χ0v) is 7.74. The lowest BCUT2D eigenvalue weighted by molar-refractivity contribution is 0.610. The minimum absolute atomic E-state index is 0.298. The number of hydrogen-bond donors (Lipinski definition) is 1. The predicted octanol–water partition coefficient (Wildman–Crippen LogP) is 1.90. The Balaban J connectivity index is 2.52. The van der Waals surface area contributed by atoms with Gasteiger partial charge in [-0.1, -0.05) is 6.07 Å². The summed E-state index contributed by atoms with van der Waals surface area (Å²) in [6.45, 7) is 1.84. The minimum Gasteiger partial charge on any atom is -0.382 e. The molecule has 14 heavy (non-hydrogen) atoms. The lowest BCUT2D eigenvalue weighted by Crippen LogP contribution is -1.99. The average Bonchev–Trinajstić information content (AvgIpc) is 2.51. The quantitative estimate of drug-likeness (QED) is 0.748. The number of nitrogens with zero attached hydrogens (tertiary/aromatic N) is 2. The third-order valence-corrected chi connectivity index (χ3v) is 1.96. The van der Waals surface area contributed by atoms with E-state index >= 15 is 0 Å². The van der Waals surface area contributed by atoms with Crippen molar-refractivity contribution in [2.45, 2.75) is 6.92 Å². The molecule has 1 aromatic heterocycles. The molecule has 4 heteroatoms. The summed E-state index contributed by atoms with van der Waals surface area (Å²) in [7, 11) is 0. The number of aromatic nitrogens is 2. The van der Waals surface area contributed by atoms with Crippen LogP contribution in [-0.4, -0.2) is 9.78 Å². The lowest BCUT2D eigenvalue weighted by Gasteiger charge is -2.03. The van der Waals surface area contributed by atoms with Gasteiger partial charge in [-0.2, -0.15) is 5.10 Å². The van der Waals surface area contributed by atoms with Gasteiger partial charge in [0.25, 0.3) is 0 Å². The van der Waals surface area contributed by atoms with Gasteiger partial charge in [0.05, 0.1) is 0 Å². The fraction of sp³-hybridized carbons (Fsp3) is 0.100. The van der Waals surface area contributed by atoms with E-state index < -0.39 is 0 Å². The summed E-state index contributed by atoms with van der Waals surface area (Å²) in [5.74, 6) is 0.0816. The predicted molar refractivity (Wildman–Crippen MR) is 52.7 cm³/mol. The molecular weight excluding hydrogens is 181 g/mol. The Bertz CT molecular complexity index is 462. The Morgan fingerprint density at radius 2 is 2.14 bits per heavy atom. The lowest BCUT2D eigenvalue weighted by atomic mass is 10.2. The number of rotatable bonds is 1. The standard InChI is InChI=1S/C10H10FN3/c1-7-2-3-9(8(11)6-7)14-5-4-10(12)13-14/h2-6H,1H3,(H2,12,13). The van der Waals surface area contributed by atoms with Crippen LogP contribution in [0.2, 0.25) is 0 Å². The highest BCUT2D eigenvalue weighted by Crippen LogP contribution is 2.14. The molecule has 2 aromatic rings. The summed E-state index contributed by atoms with van der Waals surface area (Å²) in [6.07, 6.45) is 1.63. The molecule has 0 saturated heterocycles. The number of benzene rings is 1. The molecule has 3 nitrogen and oxygen atoms in total. The van der Waals surface area contributed by atoms with Gasteiger partial charge in [0.2, 0.25) is 0 Å². The monoisotopic (exact) mass is 191 g/mol. The van der Waals surface area contributed by atoms with Crippen LogP contribution in [0.1, 0.15) is 5.56 Å². The van der Waals surface area contributed by atoms with Crippen molar-refractivity contribution in [2.75, 3.05) is 5.73 Å². The van der Waals surface area contributed by atoms with Crippen molar-refractivity contribution >= 4 is 5.82 Å². The fourth-order valence-corrected chi connectivity index (χ4v) is 1.27. The zero-order chi connectivity index (χ0) is 10.1. The molecular formula is C10H10FN3. The van der Waals surface area contributed by atoms with Crippen LogP contribution in [-0.2, 0) is 0 Å². The van der Waals surface area contributed by atoms with E-state index in [4.69, 9.17) is 5.73 Å². The maximum absolute atomic E-state index is 13.4. The molecule has 2 rings (SSSR count). The molecule has 0 amide bonds. The molecule has 0 unspecified atom stereocenters. The van der Waals surface area contributed by atoms with Crippen LogP contribution in [0.15, 0.2) is 30.5 Å². The van der Waals surface area contributed by atoms with E-state index in [0.29, 0.717) is 11.5 Å². The molecule has 0 bridgehead atoms. The van der Waals surface area contributed by atoms with Gasteiger partial charge < -0.3 is 5.73 Å². The van der Waals surface area contributed by atoms with Crippen LogP contribution in [0.3, 0.4) is 0 Å². The summed E-state index contributed by atoms with van der Waals surface area (Å²) in [5, 5.41) is 3.93. The normalized spacial score (nSPS) is 10.4. The van der Waals surface area contributed by atoms with Gasteiger partial charge in [-0.15, -0.1) is 0 Å². The minimum atomic E-state index is -0.298. The number of anilines is 1. The zero-order valence-electron chi connectivity index (χ0n) is 7.74. The van der Waals surface area contributed by atoms with Gasteiger partial charge in [-0.3, -0.25) is 0 Å². The highest BCUT2D eigenvalue weighted by Gasteiger charge is 2.04. The highest BCUT2D eigenvalue weighted by atomic mass is 19.1. The Kier molecular flexibility index (Phi) is 1.96. The summed E-state index contributed by atoms with van der Waals surface area (Å²) in [6, 6.07) is 6.60.